The molecule has 1 unspecified atom stereocenters. The predicted octanol–water partition coefficient (Wildman–Crippen LogP) is 5.25. The maximum absolute atomic E-state index is 10.5. The van der Waals surface area contributed by atoms with Gasteiger partial charge >= 0.3 is 0 Å². The van der Waals surface area contributed by atoms with Crippen LogP contribution in [0.2, 0.25) is 0 Å². The quantitative estimate of drug-likeness (QED) is 0.647. The Morgan fingerprint density at radius 1 is 1.25 bits per heavy atom. The highest BCUT2D eigenvalue weighted by molar-refractivity contribution is 9.12. The fourth-order valence-corrected chi connectivity index (χ4v) is 5.90. The van der Waals surface area contributed by atoms with E-state index in [-0.39, 0.29) is 0 Å². The molecular formula is C14H11Br3O2S. The maximum Gasteiger partial charge on any atom is 0.125 e. The number of fused-ring (bicyclic) bond motifs is 1. The summed E-state index contributed by atoms with van der Waals surface area (Å²) in [6, 6.07) is 6.08. The number of aliphatic hydroxyl groups excluding tert-OH is 1. The summed E-state index contributed by atoms with van der Waals surface area (Å²) in [4.78, 5) is 0. The third kappa shape index (κ3) is 2.99. The van der Waals surface area contributed by atoms with Gasteiger partial charge in [0.15, 0.2) is 0 Å². The Balaban J connectivity index is 1.90. The van der Waals surface area contributed by atoms with Gasteiger partial charge in [0.1, 0.15) is 5.75 Å². The average Bonchev–Trinajstić information content (AvgIpc) is 2.95. The van der Waals surface area contributed by atoms with Crippen molar-refractivity contribution in [2.75, 3.05) is 6.61 Å². The Labute approximate surface area is 146 Å². The Hall–Kier alpha value is 0.120. The molecule has 20 heavy (non-hydrogen) atoms. The minimum absolute atomic E-state index is 0.545. The normalized spacial score (nSPS) is 15.0. The zero-order chi connectivity index (χ0) is 14.3. The highest BCUT2D eigenvalue weighted by Crippen LogP contribution is 2.39. The molecule has 0 saturated heterocycles. The summed E-state index contributed by atoms with van der Waals surface area (Å²) in [5.74, 6) is 0.942. The summed E-state index contributed by atoms with van der Waals surface area (Å²) in [5.41, 5.74) is 3.18. The first-order chi connectivity index (χ1) is 9.54. The largest absolute Gasteiger partial charge is 0.493 e. The summed E-state index contributed by atoms with van der Waals surface area (Å²) >= 11 is 12.0. The van der Waals surface area contributed by atoms with Crippen molar-refractivity contribution in [1.82, 2.24) is 0 Å². The van der Waals surface area contributed by atoms with E-state index >= 15 is 0 Å². The number of ether oxygens (including phenoxy) is 1. The van der Waals surface area contributed by atoms with Crippen LogP contribution in [0.1, 0.15) is 22.8 Å². The van der Waals surface area contributed by atoms with Gasteiger partial charge in [0.2, 0.25) is 0 Å². The molecule has 2 nitrogen and oxygen atoms in total. The number of aliphatic hydroxyl groups is 1. The van der Waals surface area contributed by atoms with Crippen LogP contribution in [0.4, 0.5) is 0 Å². The average molecular weight is 483 g/mol. The van der Waals surface area contributed by atoms with Crippen LogP contribution in [0, 0.1) is 0 Å². The van der Waals surface area contributed by atoms with Crippen molar-refractivity contribution in [1.29, 1.82) is 0 Å². The first kappa shape index (κ1) is 15.0. The molecule has 0 spiro atoms. The predicted molar refractivity (Wildman–Crippen MR) is 91.7 cm³/mol. The van der Waals surface area contributed by atoms with Crippen LogP contribution in [-0.2, 0) is 12.8 Å². The molecule has 6 heteroatoms. The Morgan fingerprint density at radius 2 is 2.05 bits per heavy atom. The summed E-state index contributed by atoms with van der Waals surface area (Å²) in [7, 11) is 0. The third-order valence-electron chi connectivity index (χ3n) is 3.28. The molecule has 3 rings (SSSR count). The van der Waals surface area contributed by atoms with Gasteiger partial charge in [-0.3, -0.25) is 0 Å². The van der Waals surface area contributed by atoms with E-state index in [4.69, 9.17) is 4.74 Å². The number of benzene rings is 1. The van der Waals surface area contributed by atoms with Crippen molar-refractivity contribution in [3.8, 4) is 5.75 Å². The van der Waals surface area contributed by atoms with E-state index in [1.165, 1.54) is 5.56 Å². The van der Waals surface area contributed by atoms with E-state index in [1.54, 1.807) is 11.3 Å². The molecule has 1 N–H and O–H groups in total. The molecule has 1 aromatic heterocycles. The maximum atomic E-state index is 10.5. The monoisotopic (exact) mass is 480 g/mol. The highest BCUT2D eigenvalue weighted by Gasteiger charge is 2.21. The van der Waals surface area contributed by atoms with Gasteiger partial charge in [0.25, 0.3) is 0 Å². The molecule has 0 saturated carbocycles. The molecule has 0 radical (unpaired) electrons. The zero-order valence-electron chi connectivity index (χ0n) is 10.3. The van der Waals surface area contributed by atoms with Gasteiger partial charge in [-0.05, 0) is 61.2 Å². The van der Waals surface area contributed by atoms with Crippen LogP contribution in [0.25, 0.3) is 0 Å². The molecule has 0 aliphatic carbocycles. The lowest BCUT2D eigenvalue weighted by atomic mass is 10.0. The summed E-state index contributed by atoms with van der Waals surface area (Å²) in [6.07, 6.45) is 0.935. The summed E-state index contributed by atoms with van der Waals surface area (Å²) < 4.78 is 8.71. The summed E-state index contributed by atoms with van der Waals surface area (Å²) in [5, 5.41) is 10.5. The molecule has 1 aliphatic heterocycles. The van der Waals surface area contributed by atoms with Gasteiger partial charge in [0.05, 0.1) is 20.3 Å². The van der Waals surface area contributed by atoms with Gasteiger partial charge in [-0.15, -0.1) is 11.3 Å². The van der Waals surface area contributed by atoms with E-state index < -0.39 is 6.10 Å². The lowest BCUT2D eigenvalue weighted by molar-refractivity contribution is 0.177. The van der Waals surface area contributed by atoms with E-state index in [1.807, 2.05) is 12.1 Å². The van der Waals surface area contributed by atoms with Crippen LogP contribution in [0.3, 0.4) is 0 Å². The molecule has 2 aromatic rings. The first-order valence-corrected chi connectivity index (χ1v) is 9.31. The van der Waals surface area contributed by atoms with Crippen LogP contribution in [0.15, 0.2) is 30.2 Å². The molecular weight excluding hydrogens is 472 g/mol. The molecule has 1 atom stereocenters. The van der Waals surface area contributed by atoms with Crippen molar-refractivity contribution in [3.63, 3.8) is 0 Å². The first-order valence-electron chi connectivity index (χ1n) is 6.11. The molecule has 106 valence electrons. The second kappa shape index (κ2) is 6.08. The fourth-order valence-electron chi connectivity index (χ4n) is 2.40. The van der Waals surface area contributed by atoms with Crippen molar-refractivity contribution >= 4 is 59.1 Å². The van der Waals surface area contributed by atoms with Gasteiger partial charge < -0.3 is 9.84 Å². The van der Waals surface area contributed by atoms with Crippen molar-refractivity contribution < 1.29 is 9.84 Å². The van der Waals surface area contributed by atoms with Gasteiger partial charge in [-0.2, -0.15) is 0 Å². The standard InChI is InChI=1S/C14H11Br3O2S/c15-9-3-7-1-2-19-13(7)8(4-9)5-11(18)10-6-12(16)20-14(10)17/h3-4,6,11,18H,1-2,5H2. The topological polar surface area (TPSA) is 29.5 Å². The molecule has 1 aromatic carbocycles. The smallest absolute Gasteiger partial charge is 0.125 e. The number of thiophene rings is 1. The summed E-state index contributed by atoms with van der Waals surface area (Å²) in [6.45, 7) is 0.725. The van der Waals surface area contributed by atoms with Crippen molar-refractivity contribution in [2.45, 2.75) is 18.9 Å². The lowest BCUT2D eigenvalue weighted by Crippen LogP contribution is -2.03. The van der Waals surface area contributed by atoms with Crippen LogP contribution < -0.4 is 4.74 Å². The number of rotatable bonds is 3. The van der Waals surface area contributed by atoms with E-state index in [0.29, 0.717) is 6.42 Å². The number of hydrogen-bond donors (Lipinski definition) is 1. The Kier molecular flexibility index (Phi) is 4.57. The fraction of sp³-hybridized carbons (Fsp3) is 0.286. The van der Waals surface area contributed by atoms with Crippen LogP contribution >= 0.6 is 59.1 Å². The van der Waals surface area contributed by atoms with E-state index in [9.17, 15) is 5.11 Å². The van der Waals surface area contributed by atoms with Gasteiger partial charge in [-0.25, -0.2) is 0 Å². The second-order valence-electron chi connectivity index (χ2n) is 4.65. The van der Waals surface area contributed by atoms with Crippen molar-refractivity contribution in [2.24, 2.45) is 0 Å². The number of hydrogen-bond acceptors (Lipinski definition) is 3. The Morgan fingerprint density at radius 3 is 2.75 bits per heavy atom. The third-order valence-corrected chi connectivity index (χ3v) is 6.12. The minimum atomic E-state index is -0.547. The lowest BCUT2D eigenvalue weighted by Gasteiger charge is -2.13. The van der Waals surface area contributed by atoms with E-state index in [2.05, 4.69) is 53.9 Å². The van der Waals surface area contributed by atoms with Crippen LogP contribution in [-0.4, -0.2) is 11.7 Å². The van der Waals surface area contributed by atoms with Gasteiger partial charge in [0, 0.05) is 22.9 Å². The Bertz CT molecular complexity index is 654. The molecule has 0 bridgehead atoms. The second-order valence-corrected chi connectivity index (χ2v) is 9.32. The minimum Gasteiger partial charge on any atom is -0.493 e. The zero-order valence-corrected chi connectivity index (χ0v) is 15.9. The van der Waals surface area contributed by atoms with Crippen LogP contribution in [0.5, 0.6) is 5.75 Å². The molecule has 1 aliphatic rings. The molecule has 0 fully saturated rings. The molecule has 2 heterocycles. The highest BCUT2D eigenvalue weighted by atomic mass is 79.9. The van der Waals surface area contributed by atoms with E-state index in [0.717, 1.165) is 41.9 Å². The number of halogens is 3. The SMILES string of the molecule is OC(Cc1cc(Br)cc2c1OCC2)c1cc(Br)sc1Br. The van der Waals surface area contributed by atoms with Gasteiger partial charge in [-0.1, -0.05) is 15.9 Å². The molecule has 0 amide bonds. The van der Waals surface area contributed by atoms with Crippen molar-refractivity contribution in [3.05, 3.63) is 46.9 Å².